The molecule has 0 spiro atoms. The zero-order valence-corrected chi connectivity index (χ0v) is 14.8. The summed E-state index contributed by atoms with van der Waals surface area (Å²) in [6, 6.07) is 12.3. The Morgan fingerprint density at radius 1 is 1.16 bits per heavy atom. The Morgan fingerprint density at radius 2 is 1.92 bits per heavy atom. The fourth-order valence-corrected chi connectivity index (χ4v) is 2.31. The van der Waals surface area contributed by atoms with E-state index >= 15 is 0 Å². The number of carbonyl (C=O) groups is 1. The normalized spacial score (nSPS) is 11.1. The second kappa shape index (κ2) is 8.59. The van der Waals surface area contributed by atoms with E-state index in [4.69, 9.17) is 13.7 Å². The van der Waals surface area contributed by atoms with Crippen LogP contribution in [0.1, 0.15) is 12.6 Å². The highest BCUT2D eigenvalue weighted by molar-refractivity contribution is 7.85. The van der Waals surface area contributed by atoms with Crippen LogP contribution in [0.4, 0.5) is 0 Å². The lowest BCUT2D eigenvalue weighted by atomic mass is 10.1. The number of hydrogen-bond donors (Lipinski definition) is 0. The molecule has 0 saturated heterocycles. The fraction of sp³-hybridized carbons (Fsp3) is 0.294. The van der Waals surface area contributed by atoms with Gasteiger partial charge in [-0.2, -0.15) is 8.42 Å². The van der Waals surface area contributed by atoms with Crippen molar-refractivity contribution < 1.29 is 26.9 Å². The fourth-order valence-electron chi connectivity index (χ4n) is 1.98. The van der Waals surface area contributed by atoms with Crippen LogP contribution in [-0.2, 0) is 30.4 Å². The van der Waals surface area contributed by atoms with Crippen LogP contribution in [0.25, 0.3) is 11.3 Å². The number of nitrogens with zero attached hydrogens (tertiary/aromatic N) is 1. The summed E-state index contributed by atoms with van der Waals surface area (Å²) < 4.78 is 37.1. The second-order valence-electron chi connectivity index (χ2n) is 5.10. The molecule has 7 nitrogen and oxygen atoms in total. The molecule has 2 aromatic rings. The molecule has 0 saturated carbocycles. The van der Waals surface area contributed by atoms with Gasteiger partial charge in [0.15, 0.2) is 6.61 Å². The topological polar surface area (TPSA) is 91.8 Å². The first-order valence-electron chi connectivity index (χ1n) is 7.56. The molecule has 0 bridgehead atoms. The molecule has 0 atom stereocenters. The van der Waals surface area contributed by atoms with E-state index in [1.165, 1.54) is 0 Å². The third kappa shape index (κ3) is 6.52. The van der Waals surface area contributed by atoms with Crippen LogP contribution in [0.3, 0.4) is 0 Å². The van der Waals surface area contributed by atoms with E-state index in [0.717, 1.165) is 11.8 Å². The van der Waals surface area contributed by atoms with Crippen molar-refractivity contribution in [1.29, 1.82) is 0 Å². The van der Waals surface area contributed by atoms with Crippen molar-refractivity contribution in [3.63, 3.8) is 0 Å². The highest BCUT2D eigenvalue weighted by Gasteiger charge is 2.08. The van der Waals surface area contributed by atoms with Crippen molar-refractivity contribution in [2.45, 2.75) is 13.5 Å². The number of aromatic nitrogens is 1. The first-order chi connectivity index (χ1) is 11.9. The van der Waals surface area contributed by atoms with Crippen molar-refractivity contribution in [2.75, 3.05) is 19.5 Å². The molecule has 25 heavy (non-hydrogen) atoms. The van der Waals surface area contributed by atoms with Crippen LogP contribution in [0.5, 0.6) is 5.75 Å². The average molecular weight is 365 g/mol. The van der Waals surface area contributed by atoms with Gasteiger partial charge in [-0.25, -0.2) is 4.79 Å². The molecular weight excluding hydrogens is 346 g/mol. The van der Waals surface area contributed by atoms with Gasteiger partial charge in [0.1, 0.15) is 12.4 Å². The van der Waals surface area contributed by atoms with E-state index < -0.39 is 16.1 Å². The third-order valence-corrected chi connectivity index (χ3v) is 3.57. The Morgan fingerprint density at radius 3 is 2.64 bits per heavy atom. The number of carbonyl (C=O) groups excluding carboxylic acids is 1. The van der Waals surface area contributed by atoms with Crippen molar-refractivity contribution in [1.82, 2.24) is 4.98 Å². The molecule has 1 aromatic heterocycles. The maximum atomic E-state index is 11.3. The molecule has 0 aliphatic rings. The number of rotatable bonds is 8. The minimum Gasteiger partial charge on any atom is -0.482 e. The smallest absolute Gasteiger partial charge is 0.344 e. The van der Waals surface area contributed by atoms with E-state index in [1.807, 2.05) is 6.07 Å². The Labute approximate surface area is 146 Å². The summed E-state index contributed by atoms with van der Waals surface area (Å²) >= 11 is 0. The molecule has 0 unspecified atom stereocenters. The van der Waals surface area contributed by atoms with Gasteiger partial charge in [-0.15, -0.1) is 0 Å². The summed E-state index contributed by atoms with van der Waals surface area (Å²) in [5.41, 5.74) is 1.89. The maximum Gasteiger partial charge on any atom is 0.344 e. The maximum absolute atomic E-state index is 11.3. The van der Waals surface area contributed by atoms with Gasteiger partial charge in [0.25, 0.3) is 10.1 Å². The number of hydrogen-bond acceptors (Lipinski definition) is 7. The van der Waals surface area contributed by atoms with E-state index in [-0.39, 0.29) is 13.2 Å². The minimum atomic E-state index is -3.53. The Kier molecular flexibility index (Phi) is 6.49. The van der Waals surface area contributed by atoms with Crippen LogP contribution < -0.4 is 4.74 Å². The molecular formula is C17H19NO6S. The van der Waals surface area contributed by atoms with E-state index in [1.54, 1.807) is 43.3 Å². The van der Waals surface area contributed by atoms with Crippen molar-refractivity contribution in [2.24, 2.45) is 0 Å². The molecule has 0 radical (unpaired) electrons. The number of pyridine rings is 1. The molecule has 2 rings (SSSR count). The van der Waals surface area contributed by atoms with Crippen LogP contribution in [-0.4, -0.2) is 38.8 Å². The van der Waals surface area contributed by atoms with E-state index in [9.17, 15) is 13.2 Å². The standard InChI is InChI=1S/C17H19NO6S/c1-3-22-17(19)12-23-15-8-4-6-13(10-15)16-9-5-7-14(18-16)11-24-25(2,20)21/h4-10H,3,11-12H2,1-2H3. The van der Waals surface area contributed by atoms with Crippen LogP contribution in [0, 0.1) is 0 Å². The molecule has 1 aromatic carbocycles. The highest BCUT2D eigenvalue weighted by atomic mass is 32.2. The van der Waals surface area contributed by atoms with Crippen molar-refractivity contribution in [3.05, 3.63) is 48.2 Å². The lowest BCUT2D eigenvalue weighted by Crippen LogP contribution is -2.14. The molecule has 1 heterocycles. The molecule has 134 valence electrons. The van der Waals surface area contributed by atoms with Gasteiger partial charge in [-0.3, -0.25) is 9.17 Å². The van der Waals surface area contributed by atoms with Gasteiger partial charge in [0, 0.05) is 5.56 Å². The van der Waals surface area contributed by atoms with Crippen molar-refractivity contribution in [3.8, 4) is 17.0 Å². The Hall–Kier alpha value is -2.45. The van der Waals surface area contributed by atoms with Gasteiger partial charge in [0.2, 0.25) is 0 Å². The largest absolute Gasteiger partial charge is 0.482 e. The van der Waals surface area contributed by atoms with E-state index in [0.29, 0.717) is 23.7 Å². The minimum absolute atomic E-state index is 0.133. The predicted molar refractivity (Wildman–Crippen MR) is 91.4 cm³/mol. The highest BCUT2D eigenvalue weighted by Crippen LogP contribution is 2.22. The van der Waals surface area contributed by atoms with Gasteiger partial charge in [0.05, 0.1) is 24.3 Å². The molecule has 0 aliphatic heterocycles. The van der Waals surface area contributed by atoms with Gasteiger partial charge >= 0.3 is 5.97 Å². The van der Waals surface area contributed by atoms with Gasteiger partial charge < -0.3 is 9.47 Å². The van der Waals surface area contributed by atoms with Crippen LogP contribution in [0.2, 0.25) is 0 Å². The number of esters is 1. The summed E-state index contributed by atoms with van der Waals surface area (Å²) in [5.74, 6) is 0.0658. The molecule has 8 heteroatoms. The van der Waals surface area contributed by atoms with Crippen LogP contribution >= 0.6 is 0 Å². The SMILES string of the molecule is CCOC(=O)COc1cccc(-c2cccc(COS(C)(=O)=O)n2)c1. The average Bonchev–Trinajstić information content (AvgIpc) is 2.58. The Bertz CT molecular complexity index is 835. The molecule has 0 fully saturated rings. The lowest BCUT2D eigenvalue weighted by Gasteiger charge is -2.08. The summed E-state index contributed by atoms with van der Waals surface area (Å²) in [4.78, 5) is 15.7. The lowest BCUT2D eigenvalue weighted by molar-refractivity contribution is -0.145. The molecule has 0 N–H and O–H groups in total. The Balaban J connectivity index is 2.10. The first kappa shape index (κ1) is 18.9. The van der Waals surface area contributed by atoms with Crippen molar-refractivity contribution >= 4 is 16.1 Å². The summed E-state index contributed by atoms with van der Waals surface area (Å²) in [6.07, 6.45) is 0.987. The van der Waals surface area contributed by atoms with E-state index in [2.05, 4.69) is 4.98 Å². The molecule has 0 amide bonds. The van der Waals surface area contributed by atoms with Gasteiger partial charge in [-0.1, -0.05) is 18.2 Å². The first-order valence-corrected chi connectivity index (χ1v) is 9.38. The monoisotopic (exact) mass is 365 g/mol. The zero-order chi connectivity index (χ0) is 18.3. The van der Waals surface area contributed by atoms with Crippen LogP contribution in [0.15, 0.2) is 42.5 Å². The quantitative estimate of drug-likeness (QED) is 0.523. The summed E-state index contributed by atoms with van der Waals surface area (Å²) in [7, 11) is -3.53. The number of ether oxygens (including phenoxy) is 2. The summed E-state index contributed by atoms with van der Waals surface area (Å²) in [5, 5.41) is 0. The summed E-state index contributed by atoms with van der Waals surface area (Å²) in [6.45, 7) is 1.72. The number of benzene rings is 1. The molecule has 0 aliphatic carbocycles. The van der Waals surface area contributed by atoms with Gasteiger partial charge in [-0.05, 0) is 31.2 Å². The predicted octanol–water partition coefficient (Wildman–Crippen LogP) is 2.17. The zero-order valence-electron chi connectivity index (χ0n) is 14.0. The second-order valence-corrected chi connectivity index (χ2v) is 6.75. The third-order valence-electron chi connectivity index (χ3n) is 3.02.